The molecule has 6 nitrogen and oxygen atoms in total. The second-order valence-electron chi connectivity index (χ2n) is 3.92. The van der Waals surface area contributed by atoms with Gasteiger partial charge in [-0.15, -0.1) is 0 Å². The first-order chi connectivity index (χ1) is 9.04. The lowest BCUT2D eigenvalue weighted by Crippen LogP contribution is -2.15. The highest BCUT2D eigenvalue weighted by atomic mass is 79.9. The van der Waals surface area contributed by atoms with Gasteiger partial charge in [-0.1, -0.05) is 5.16 Å². The molecule has 98 valence electrons. The van der Waals surface area contributed by atoms with Crippen LogP contribution in [0.25, 0.3) is 11.1 Å². The van der Waals surface area contributed by atoms with Gasteiger partial charge in [0.1, 0.15) is 5.82 Å². The van der Waals surface area contributed by atoms with Crippen molar-refractivity contribution in [3.8, 4) is 0 Å². The van der Waals surface area contributed by atoms with Crippen LogP contribution in [0.1, 0.15) is 11.7 Å². The van der Waals surface area contributed by atoms with E-state index in [-0.39, 0.29) is 11.0 Å². The van der Waals surface area contributed by atoms with Crippen LogP contribution in [-0.4, -0.2) is 14.7 Å². The van der Waals surface area contributed by atoms with Crippen LogP contribution < -0.4 is 5.76 Å². The summed E-state index contributed by atoms with van der Waals surface area (Å²) < 4.78 is 24.9. The van der Waals surface area contributed by atoms with Crippen molar-refractivity contribution in [1.29, 1.82) is 0 Å². The van der Waals surface area contributed by atoms with E-state index < -0.39 is 11.6 Å². The molecule has 3 aromatic rings. The highest BCUT2D eigenvalue weighted by Crippen LogP contribution is 2.23. The molecule has 0 fully saturated rings. The fraction of sp³-hybridized carbons (Fsp3) is 0.182. The second kappa shape index (κ2) is 4.30. The van der Waals surface area contributed by atoms with Gasteiger partial charge in [-0.25, -0.2) is 9.18 Å². The fourth-order valence-corrected chi connectivity index (χ4v) is 2.08. The number of oxazole rings is 1. The third-order valence-corrected chi connectivity index (χ3v) is 3.19. The Bertz CT molecular complexity index is 820. The Morgan fingerprint density at radius 2 is 2.26 bits per heavy atom. The molecule has 0 N–H and O–H groups in total. The molecule has 2 heterocycles. The number of fused-ring (bicyclic) bond motifs is 1. The SMILES string of the molecule is Cc1nc(Cn2c(=O)oc3cc(Br)c(F)cc32)no1. The number of nitrogens with zero attached hydrogens (tertiary/aromatic N) is 3. The standard InChI is InChI=1S/C11H7BrFN3O3/c1-5-14-10(15-19-5)4-16-8-3-7(13)6(12)2-9(8)18-11(16)17/h2-3H,4H2,1H3. The zero-order valence-corrected chi connectivity index (χ0v) is 11.3. The minimum atomic E-state index is -0.602. The number of hydrogen-bond acceptors (Lipinski definition) is 5. The lowest BCUT2D eigenvalue weighted by Gasteiger charge is -1.98. The van der Waals surface area contributed by atoms with Crippen molar-refractivity contribution in [2.75, 3.05) is 0 Å². The second-order valence-corrected chi connectivity index (χ2v) is 4.77. The lowest BCUT2D eigenvalue weighted by molar-refractivity contribution is 0.385. The van der Waals surface area contributed by atoms with Crippen LogP contribution in [-0.2, 0) is 6.54 Å². The number of aryl methyl sites for hydroxylation is 1. The van der Waals surface area contributed by atoms with E-state index in [4.69, 9.17) is 8.94 Å². The fourth-order valence-electron chi connectivity index (χ4n) is 1.75. The largest absolute Gasteiger partial charge is 0.420 e. The molecule has 0 atom stereocenters. The molecule has 2 aromatic heterocycles. The Labute approximate surface area is 114 Å². The van der Waals surface area contributed by atoms with E-state index in [1.54, 1.807) is 6.92 Å². The molecule has 0 bridgehead atoms. The highest BCUT2D eigenvalue weighted by molar-refractivity contribution is 9.10. The zero-order chi connectivity index (χ0) is 13.6. The van der Waals surface area contributed by atoms with Crippen LogP contribution in [0.3, 0.4) is 0 Å². The van der Waals surface area contributed by atoms with Crippen LogP contribution >= 0.6 is 15.9 Å². The van der Waals surface area contributed by atoms with E-state index in [0.717, 1.165) is 0 Å². The summed E-state index contributed by atoms with van der Waals surface area (Å²) in [4.78, 5) is 15.7. The molecule has 3 rings (SSSR count). The maximum absolute atomic E-state index is 13.5. The Kier molecular flexibility index (Phi) is 2.74. The van der Waals surface area contributed by atoms with Crippen LogP contribution in [0, 0.1) is 12.7 Å². The number of rotatable bonds is 2. The van der Waals surface area contributed by atoms with Gasteiger partial charge in [0, 0.05) is 19.1 Å². The summed E-state index contributed by atoms with van der Waals surface area (Å²) in [6.45, 7) is 1.70. The average Bonchev–Trinajstić information content (AvgIpc) is 2.87. The van der Waals surface area contributed by atoms with E-state index in [0.29, 0.717) is 22.8 Å². The van der Waals surface area contributed by atoms with Gasteiger partial charge in [0.25, 0.3) is 0 Å². The summed E-state index contributed by atoms with van der Waals surface area (Å²) in [6, 6.07) is 2.63. The predicted molar refractivity (Wildman–Crippen MR) is 66.3 cm³/mol. The molecule has 0 unspecified atom stereocenters. The van der Waals surface area contributed by atoms with Gasteiger partial charge in [-0.3, -0.25) is 4.57 Å². The Balaban J connectivity index is 2.15. The number of aromatic nitrogens is 3. The topological polar surface area (TPSA) is 74.1 Å². The summed E-state index contributed by atoms with van der Waals surface area (Å²) in [6.07, 6.45) is 0. The van der Waals surface area contributed by atoms with Gasteiger partial charge < -0.3 is 8.94 Å². The van der Waals surface area contributed by atoms with Crippen molar-refractivity contribution >= 4 is 27.0 Å². The Morgan fingerprint density at radius 3 is 2.95 bits per heavy atom. The molecule has 0 saturated carbocycles. The molecule has 0 aliphatic heterocycles. The molecule has 0 aliphatic rings. The number of hydrogen-bond donors (Lipinski definition) is 0. The van der Waals surface area contributed by atoms with Gasteiger partial charge in [-0.05, 0) is 15.9 Å². The van der Waals surface area contributed by atoms with Gasteiger partial charge in [-0.2, -0.15) is 4.98 Å². The van der Waals surface area contributed by atoms with Crippen molar-refractivity contribution in [1.82, 2.24) is 14.7 Å². The molecular weight excluding hydrogens is 321 g/mol. The van der Waals surface area contributed by atoms with E-state index in [2.05, 4.69) is 26.1 Å². The van der Waals surface area contributed by atoms with Gasteiger partial charge in [0.2, 0.25) is 5.89 Å². The summed E-state index contributed by atoms with van der Waals surface area (Å²) in [5, 5.41) is 3.69. The predicted octanol–water partition coefficient (Wildman–Crippen LogP) is 2.24. The van der Waals surface area contributed by atoms with E-state index in [1.165, 1.54) is 16.7 Å². The van der Waals surface area contributed by atoms with E-state index >= 15 is 0 Å². The molecule has 0 amide bonds. The van der Waals surface area contributed by atoms with Gasteiger partial charge in [0.05, 0.1) is 16.5 Å². The summed E-state index contributed by atoms with van der Waals surface area (Å²) in [7, 11) is 0. The van der Waals surface area contributed by atoms with Gasteiger partial charge in [0.15, 0.2) is 11.4 Å². The first-order valence-corrected chi connectivity index (χ1v) is 6.11. The van der Waals surface area contributed by atoms with E-state index in [1.807, 2.05) is 0 Å². The smallest absolute Gasteiger partial charge is 0.408 e. The molecule has 0 saturated heterocycles. The first-order valence-electron chi connectivity index (χ1n) is 5.32. The highest BCUT2D eigenvalue weighted by Gasteiger charge is 2.14. The first kappa shape index (κ1) is 12.1. The zero-order valence-electron chi connectivity index (χ0n) is 9.68. The van der Waals surface area contributed by atoms with Crippen molar-refractivity contribution < 1.29 is 13.3 Å². The molecule has 0 spiro atoms. The molecule has 8 heteroatoms. The molecule has 0 aliphatic carbocycles. The summed E-state index contributed by atoms with van der Waals surface area (Å²) in [5.41, 5.74) is 0.631. The van der Waals surface area contributed by atoms with Crippen molar-refractivity contribution in [2.24, 2.45) is 0 Å². The summed E-state index contributed by atoms with van der Waals surface area (Å²) >= 11 is 3.03. The van der Waals surface area contributed by atoms with Crippen LogP contribution in [0.4, 0.5) is 4.39 Å². The van der Waals surface area contributed by atoms with Crippen LogP contribution in [0.15, 0.2) is 30.3 Å². The van der Waals surface area contributed by atoms with Gasteiger partial charge >= 0.3 is 5.76 Å². The van der Waals surface area contributed by atoms with Crippen molar-refractivity contribution in [2.45, 2.75) is 13.5 Å². The Hall–Kier alpha value is -1.96. The van der Waals surface area contributed by atoms with Crippen molar-refractivity contribution in [3.63, 3.8) is 0 Å². The third-order valence-electron chi connectivity index (χ3n) is 2.58. The molecular formula is C11H7BrFN3O3. The van der Waals surface area contributed by atoms with Crippen molar-refractivity contribution in [3.05, 3.63) is 44.7 Å². The molecule has 19 heavy (non-hydrogen) atoms. The molecule has 1 aromatic carbocycles. The average molecular weight is 328 g/mol. The quantitative estimate of drug-likeness (QED) is 0.721. The lowest BCUT2D eigenvalue weighted by atomic mass is 10.3. The number of halogens is 2. The monoisotopic (exact) mass is 327 g/mol. The molecule has 0 radical (unpaired) electrons. The van der Waals surface area contributed by atoms with E-state index in [9.17, 15) is 9.18 Å². The van der Waals surface area contributed by atoms with Crippen LogP contribution in [0.2, 0.25) is 0 Å². The Morgan fingerprint density at radius 1 is 1.47 bits per heavy atom. The minimum Gasteiger partial charge on any atom is -0.408 e. The maximum Gasteiger partial charge on any atom is 0.420 e. The maximum atomic E-state index is 13.5. The van der Waals surface area contributed by atoms with Crippen LogP contribution in [0.5, 0.6) is 0 Å². The summed E-state index contributed by atoms with van der Waals surface area (Å²) in [5.74, 6) is -0.364. The normalized spacial score (nSPS) is 11.3. The third kappa shape index (κ3) is 2.07. The number of benzene rings is 1. The minimum absolute atomic E-state index is 0.0598.